The van der Waals surface area contributed by atoms with E-state index in [-0.39, 0.29) is 0 Å². The third-order valence-electron chi connectivity index (χ3n) is 4.41. The second kappa shape index (κ2) is 8.19. The molecule has 1 aromatic rings. The maximum Gasteiger partial charge on any atom is 0.184 e. The van der Waals surface area contributed by atoms with Crippen LogP contribution in [0.5, 0.6) is 0 Å². The Kier molecular flexibility index (Phi) is 6.52. The van der Waals surface area contributed by atoms with Crippen LogP contribution in [0.2, 0.25) is 0 Å². The lowest BCUT2D eigenvalue weighted by molar-refractivity contribution is -0.0958. The van der Waals surface area contributed by atoms with Gasteiger partial charge in [0.2, 0.25) is 0 Å². The molecule has 6 heteroatoms. The molecule has 5 unspecified atom stereocenters. The molecule has 0 amide bonds. The first kappa shape index (κ1) is 18.3. The molecule has 130 valence electrons. The third kappa shape index (κ3) is 4.09. The van der Waals surface area contributed by atoms with Crippen molar-refractivity contribution in [2.75, 3.05) is 13.2 Å². The maximum atomic E-state index is 9.84. The molecule has 2 rings (SSSR count). The summed E-state index contributed by atoms with van der Waals surface area (Å²) in [6.07, 6.45) is -3.89. The van der Waals surface area contributed by atoms with E-state index >= 15 is 0 Å². The lowest BCUT2D eigenvalue weighted by atomic mass is 9.97. The van der Waals surface area contributed by atoms with E-state index < -0.39 is 43.9 Å². The van der Waals surface area contributed by atoms with Gasteiger partial charge in [-0.15, -0.1) is 0 Å². The lowest BCUT2D eigenvalue weighted by Crippen LogP contribution is -2.45. The standard InChI is InChI=1S/C17H26O6/c1-3-10(2)11-4-6-12(7-5-11)17-22-15(13(20)8-18)16(23-17)14(21)9-19/h4-7,10,13-21H,3,8-9H2,1-2H3. The van der Waals surface area contributed by atoms with Crippen LogP contribution >= 0.6 is 0 Å². The minimum atomic E-state index is -1.19. The quantitative estimate of drug-likeness (QED) is 0.588. The first-order valence-electron chi connectivity index (χ1n) is 8.00. The van der Waals surface area contributed by atoms with Crippen molar-refractivity contribution in [2.24, 2.45) is 0 Å². The van der Waals surface area contributed by atoms with Gasteiger partial charge < -0.3 is 29.9 Å². The van der Waals surface area contributed by atoms with Crippen molar-refractivity contribution < 1.29 is 29.9 Å². The van der Waals surface area contributed by atoms with Crippen molar-refractivity contribution >= 4 is 0 Å². The summed E-state index contributed by atoms with van der Waals surface area (Å²) in [5, 5.41) is 37.9. The predicted molar refractivity (Wildman–Crippen MR) is 83.8 cm³/mol. The number of aliphatic hydroxyl groups is 4. The Morgan fingerprint density at radius 1 is 0.957 bits per heavy atom. The van der Waals surface area contributed by atoms with Crippen molar-refractivity contribution in [3.8, 4) is 0 Å². The molecule has 4 N–H and O–H groups in total. The Labute approximate surface area is 136 Å². The first-order chi connectivity index (χ1) is 11.0. The summed E-state index contributed by atoms with van der Waals surface area (Å²) in [5.41, 5.74) is 1.98. The number of benzene rings is 1. The van der Waals surface area contributed by atoms with E-state index in [4.69, 9.17) is 19.7 Å². The van der Waals surface area contributed by atoms with Gasteiger partial charge in [0.25, 0.3) is 0 Å². The minimum absolute atomic E-state index is 0.461. The zero-order valence-electron chi connectivity index (χ0n) is 13.5. The highest BCUT2D eigenvalue weighted by atomic mass is 16.7. The molecule has 0 saturated carbocycles. The Morgan fingerprint density at radius 2 is 1.43 bits per heavy atom. The smallest absolute Gasteiger partial charge is 0.184 e. The molecule has 0 aromatic heterocycles. The Bertz CT molecular complexity index is 458. The normalized spacial score (nSPS) is 28.5. The largest absolute Gasteiger partial charge is 0.394 e. The fourth-order valence-electron chi connectivity index (χ4n) is 2.67. The van der Waals surface area contributed by atoms with Crippen LogP contribution in [-0.4, -0.2) is 58.1 Å². The van der Waals surface area contributed by atoms with E-state index in [9.17, 15) is 10.2 Å². The Morgan fingerprint density at radius 3 is 1.83 bits per heavy atom. The average Bonchev–Trinajstić information content (AvgIpc) is 3.05. The van der Waals surface area contributed by atoms with Crippen LogP contribution in [0.1, 0.15) is 43.6 Å². The second-order valence-electron chi connectivity index (χ2n) is 6.01. The van der Waals surface area contributed by atoms with Gasteiger partial charge in [0.05, 0.1) is 13.2 Å². The molecule has 0 spiro atoms. The van der Waals surface area contributed by atoms with Crippen molar-refractivity contribution in [1.29, 1.82) is 0 Å². The highest BCUT2D eigenvalue weighted by Gasteiger charge is 2.44. The van der Waals surface area contributed by atoms with Gasteiger partial charge in [-0.2, -0.15) is 0 Å². The average molecular weight is 326 g/mol. The van der Waals surface area contributed by atoms with Crippen LogP contribution in [0.4, 0.5) is 0 Å². The molecule has 1 saturated heterocycles. The van der Waals surface area contributed by atoms with Crippen LogP contribution in [0.25, 0.3) is 0 Å². The fourth-order valence-corrected chi connectivity index (χ4v) is 2.67. The predicted octanol–water partition coefficient (Wildman–Crippen LogP) is 0.689. The number of ether oxygens (including phenoxy) is 2. The molecule has 0 aliphatic carbocycles. The summed E-state index contributed by atoms with van der Waals surface area (Å²) in [7, 11) is 0. The topological polar surface area (TPSA) is 99.4 Å². The van der Waals surface area contributed by atoms with Crippen LogP contribution < -0.4 is 0 Å². The molecule has 1 aliphatic rings. The molecule has 5 atom stereocenters. The molecular formula is C17H26O6. The van der Waals surface area contributed by atoms with Gasteiger partial charge in [-0.3, -0.25) is 0 Å². The van der Waals surface area contributed by atoms with E-state index in [0.29, 0.717) is 5.92 Å². The van der Waals surface area contributed by atoms with Gasteiger partial charge in [0, 0.05) is 5.56 Å². The van der Waals surface area contributed by atoms with Gasteiger partial charge in [-0.1, -0.05) is 38.1 Å². The molecule has 23 heavy (non-hydrogen) atoms. The van der Waals surface area contributed by atoms with Crippen molar-refractivity contribution in [3.05, 3.63) is 35.4 Å². The minimum Gasteiger partial charge on any atom is -0.394 e. The summed E-state index contributed by atoms with van der Waals surface area (Å²) in [6.45, 7) is 3.26. The lowest BCUT2D eigenvalue weighted by Gasteiger charge is -2.23. The van der Waals surface area contributed by atoms with Crippen LogP contribution in [0, 0.1) is 0 Å². The van der Waals surface area contributed by atoms with Crippen molar-refractivity contribution in [2.45, 2.75) is 56.9 Å². The van der Waals surface area contributed by atoms with E-state index in [1.165, 1.54) is 5.56 Å². The number of aliphatic hydroxyl groups excluding tert-OH is 4. The second-order valence-corrected chi connectivity index (χ2v) is 6.01. The highest BCUT2D eigenvalue weighted by Crippen LogP contribution is 2.35. The van der Waals surface area contributed by atoms with Gasteiger partial charge in [-0.05, 0) is 17.9 Å². The molecule has 6 nitrogen and oxygen atoms in total. The number of hydrogen-bond donors (Lipinski definition) is 4. The monoisotopic (exact) mass is 326 g/mol. The molecule has 1 aromatic carbocycles. The molecule has 1 fully saturated rings. The maximum absolute atomic E-state index is 9.84. The van der Waals surface area contributed by atoms with Gasteiger partial charge in [0.15, 0.2) is 6.29 Å². The van der Waals surface area contributed by atoms with Gasteiger partial charge in [-0.25, -0.2) is 0 Å². The summed E-state index contributed by atoms with van der Waals surface area (Å²) >= 11 is 0. The Balaban J connectivity index is 2.14. The van der Waals surface area contributed by atoms with E-state index in [1.54, 1.807) is 0 Å². The number of rotatable bonds is 7. The molecule has 0 radical (unpaired) electrons. The third-order valence-corrected chi connectivity index (χ3v) is 4.41. The van der Waals surface area contributed by atoms with E-state index in [2.05, 4.69) is 13.8 Å². The molecular weight excluding hydrogens is 300 g/mol. The van der Waals surface area contributed by atoms with Crippen LogP contribution in [0.3, 0.4) is 0 Å². The SMILES string of the molecule is CCC(C)c1ccc(C2OC(C(O)CO)C(C(O)CO)O2)cc1. The van der Waals surface area contributed by atoms with Gasteiger partial charge in [0.1, 0.15) is 24.4 Å². The summed E-state index contributed by atoms with van der Waals surface area (Å²) in [4.78, 5) is 0. The summed E-state index contributed by atoms with van der Waals surface area (Å²) < 4.78 is 11.3. The van der Waals surface area contributed by atoms with E-state index in [1.807, 2.05) is 24.3 Å². The number of hydrogen-bond acceptors (Lipinski definition) is 6. The van der Waals surface area contributed by atoms with Crippen LogP contribution in [-0.2, 0) is 9.47 Å². The van der Waals surface area contributed by atoms with E-state index in [0.717, 1.165) is 12.0 Å². The van der Waals surface area contributed by atoms with Gasteiger partial charge >= 0.3 is 0 Å². The molecule has 1 aliphatic heterocycles. The van der Waals surface area contributed by atoms with Crippen molar-refractivity contribution in [3.63, 3.8) is 0 Å². The molecule has 0 bridgehead atoms. The molecule has 1 heterocycles. The summed E-state index contributed by atoms with van der Waals surface area (Å²) in [6, 6.07) is 7.79. The zero-order valence-corrected chi connectivity index (χ0v) is 13.5. The van der Waals surface area contributed by atoms with Crippen LogP contribution in [0.15, 0.2) is 24.3 Å². The Hall–Kier alpha value is -1.02. The van der Waals surface area contributed by atoms with Crippen molar-refractivity contribution in [1.82, 2.24) is 0 Å². The fraction of sp³-hybridized carbons (Fsp3) is 0.647. The first-order valence-corrected chi connectivity index (χ1v) is 8.00. The highest BCUT2D eigenvalue weighted by molar-refractivity contribution is 5.26. The zero-order chi connectivity index (χ0) is 17.0. The summed E-state index contributed by atoms with van der Waals surface area (Å²) in [5.74, 6) is 0.461.